The van der Waals surface area contributed by atoms with Crippen molar-refractivity contribution in [1.29, 1.82) is 0 Å². The van der Waals surface area contributed by atoms with Crippen molar-refractivity contribution in [3.8, 4) is 0 Å². The quantitative estimate of drug-likeness (QED) is 0.407. The van der Waals surface area contributed by atoms with Crippen LogP contribution in [0.3, 0.4) is 0 Å². The van der Waals surface area contributed by atoms with E-state index in [1.807, 2.05) is 59.6 Å². The van der Waals surface area contributed by atoms with Crippen LogP contribution in [-0.2, 0) is 0 Å². The summed E-state index contributed by atoms with van der Waals surface area (Å²) in [5.41, 5.74) is 0. The van der Waals surface area contributed by atoms with Gasteiger partial charge in [-0.3, -0.25) is 0 Å². The van der Waals surface area contributed by atoms with Crippen LogP contribution in [0.15, 0.2) is 0 Å². The van der Waals surface area contributed by atoms with Crippen molar-refractivity contribution in [2.45, 2.75) is 13.8 Å². The summed E-state index contributed by atoms with van der Waals surface area (Å²) >= 11 is 10.1. The molecule has 0 radical (unpaired) electrons. The van der Waals surface area contributed by atoms with E-state index >= 15 is 0 Å². The van der Waals surface area contributed by atoms with Crippen LogP contribution in [0.4, 0.5) is 0 Å². The lowest BCUT2D eigenvalue weighted by Crippen LogP contribution is -2.18. The lowest BCUT2D eigenvalue weighted by Gasteiger charge is -2.15. The molecule has 0 amide bonds. The van der Waals surface area contributed by atoms with Crippen LogP contribution in [0.5, 0.6) is 0 Å². The molecular formula is C10H22N2S6. The first-order valence-electron chi connectivity index (χ1n) is 5.38. The minimum atomic E-state index is 0.837. The first-order valence-corrected chi connectivity index (χ1v) is 10.8. The number of hydrogen-bond acceptors (Lipinski definition) is 6. The molecule has 0 unspecified atom stereocenters. The summed E-state index contributed by atoms with van der Waals surface area (Å²) in [6.07, 6.45) is 0. The molecule has 0 heterocycles. The second-order valence-corrected chi connectivity index (χ2v) is 9.74. The van der Waals surface area contributed by atoms with Crippen molar-refractivity contribution in [3.05, 3.63) is 0 Å². The fourth-order valence-corrected chi connectivity index (χ4v) is 4.10. The van der Waals surface area contributed by atoms with E-state index < -0.39 is 0 Å². The van der Waals surface area contributed by atoms with E-state index in [1.165, 1.54) is 33.1 Å². The number of nitrogens with zero attached hydrogens (tertiary/aromatic N) is 2. The topological polar surface area (TPSA) is 6.48 Å². The Morgan fingerprint density at radius 1 is 0.778 bits per heavy atom. The lowest BCUT2D eigenvalue weighted by atomic mass is 11.0. The number of thiocarbonyl (C=S) groups is 2. The smallest absolute Gasteiger partial charge is 0.146 e. The fraction of sp³-hybridized carbons (Fsp3) is 0.800. The highest BCUT2D eigenvalue weighted by Crippen LogP contribution is 2.26. The van der Waals surface area contributed by atoms with Crippen LogP contribution in [0.1, 0.15) is 13.8 Å². The van der Waals surface area contributed by atoms with Crippen molar-refractivity contribution in [1.82, 2.24) is 9.80 Å². The van der Waals surface area contributed by atoms with Gasteiger partial charge in [-0.1, -0.05) is 59.9 Å². The van der Waals surface area contributed by atoms with Crippen LogP contribution in [0.25, 0.3) is 0 Å². The molecule has 2 nitrogen and oxygen atoms in total. The molecule has 8 heteroatoms. The molecule has 0 spiro atoms. The molecule has 0 aliphatic rings. The molecule has 0 atom stereocenters. The van der Waals surface area contributed by atoms with Crippen molar-refractivity contribution in [2.75, 3.05) is 39.7 Å². The van der Waals surface area contributed by atoms with Gasteiger partial charge in [-0.2, -0.15) is 0 Å². The maximum Gasteiger partial charge on any atom is 0.146 e. The van der Waals surface area contributed by atoms with Gasteiger partial charge in [0.2, 0.25) is 0 Å². The maximum atomic E-state index is 5.07. The molecule has 0 aliphatic heterocycles. The van der Waals surface area contributed by atoms with Gasteiger partial charge in [0.1, 0.15) is 8.64 Å². The standard InChI is InChI=1S/C6H12N2S4.C4H10S2/c1-7(2)5(9)11-12-6(10)8(3)4;1-3-5-6-4-2/h1-4H3;3-4H2,1-2H3. The molecule has 0 N–H and O–H groups in total. The van der Waals surface area contributed by atoms with E-state index in [2.05, 4.69) is 13.8 Å². The Balaban J connectivity index is 0. The van der Waals surface area contributed by atoms with Gasteiger partial charge < -0.3 is 9.80 Å². The van der Waals surface area contributed by atoms with E-state index in [0.717, 1.165) is 8.64 Å². The number of rotatable bonds is 3. The zero-order chi connectivity index (χ0) is 14.6. The maximum absolute atomic E-state index is 5.07. The Kier molecular flexibility index (Phi) is 17.4. The highest BCUT2D eigenvalue weighted by Gasteiger charge is 2.04. The largest absolute Gasteiger partial charge is 0.363 e. The first-order chi connectivity index (χ1) is 8.36. The van der Waals surface area contributed by atoms with Gasteiger partial charge in [0.25, 0.3) is 0 Å². The van der Waals surface area contributed by atoms with Gasteiger partial charge >= 0.3 is 0 Å². The zero-order valence-corrected chi connectivity index (χ0v) is 16.7. The summed E-state index contributed by atoms with van der Waals surface area (Å²) in [5.74, 6) is 2.47. The van der Waals surface area contributed by atoms with Crippen LogP contribution < -0.4 is 0 Å². The Bertz CT molecular complexity index is 208. The fourth-order valence-electron chi connectivity index (χ4n) is 0.387. The summed E-state index contributed by atoms with van der Waals surface area (Å²) in [7, 11) is 14.6. The molecule has 0 aromatic heterocycles. The van der Waals surface area contributed by atoms with E-state index in [-0.39, 0.29) is 0 Å². The molecule has 0 rings (SSSR count). The molecule has 108 valence electrons. The Labute approximate surface area is 139 Å². The average molecular weight is 363 g/mol. The van der Waals surface area contributed by atoms with E-state index in [0.29, 0.717) is 0 Å². The SMILES string of the molecule is CCSSCC.CN(C)C(=S)SSC(=S)N(C)C. The Morgan fingerprint density at radius 2 is 1.06 bits per heavy atom. The van der Waals surface area contributed by atoms with E-state index in [1.54, 1.807) is 0 Å². The molecule has 0 aromatic rings. The monoisotopic (exact) mass is 362 g/mol. The third-order valence-electron chi connectivity index (χ3n) is 1.23. The minimum absolute atomic E-state index is 0.837. The summed E-state index contributed by atoms with van der Waals surface area (Å²) in [5, 5.41) is 0. The normalized spacial score (nSPS) is 9.22. The molecule has 0 bridgehead atoms. The number of hydrogen-bond donors (Lipinski definition) is 0. The van der Waals surface area contributed by atoms with Crippen molar-refractivity contribution < 1.29 is 0 Å². The van der Waals surface area contributed by atoms with Crippen LogP contribution >= 0.6 is 67.6 Å². The van der Waals surface area contributed by atoms with Gasteiger partial charge in [0, 0.05) is 39.7 Å². The summed E-state index contributed by atoms with van der Waals surface area (Å²) in [4.78, 5) is 3.79. The second kappa shape index (κ2) is 14.6. The van der Waals surface area contributed by atoms with Gasteiger partial charge in [0.05, 0.1) is 0 Å². The summed E-state index contributed by atoms with van der Waals surface area (Å²) in [6.45, 7) is 4.35. The third kappa shape index (κ3) is 15.2. The molecular weight excluding hydrogens is 341 g/mol. The Hall–Kier alpha value is 1.18. The highest BCUT2D eigenvalue weighted by molar-refractivity contribution is 8.89. The highest BCUT2D eigenvalue weighted by atomic mass is 33.1. The summed E-state index contributed by atoms with van der Waals surface area (Å²) < 4.78 is 1.67. The predicted octanol–water partition coefficient (Wildman–Crippen LogP) is 4.47. The van der Waals surface area contributed by atoms with Crippen LogP contribution in [-0.4, -0.2) is 58.1 Å². The third-order valence-corrected chi connectivity index (χ3v) is 7.95. The lowest BCUT2D eigenvalue weighted by molar-refractivity contribution is 0.647. The van der Waals surface area contributed by atoms with Gasteiger partial charge in [-0.25, -0.2) is 0 Å². The van der Waals surface area contributed by atoms with E-state index in [4.69, 9.17) is 24.4 Å². The van der Waals surface area contributed by atoms with Crippen LogP contribution in [0, 0.1) is 0 Å². The predicted molar refractivity (Wildman–Crippen MR) is 104 cm³/mol. The molecule has 0 aromatic carbocycles. The van der Waals surface area contributed by atoms with Crippen LogP contribution in [0.2, 0.25) is 0 Å². The van der Waals surface area contributed by atoms with Crippen molar-refractivity contribution in [3.63, 3.8) is 0 Å². The molecule has 18 heavy (non-hydrogen) atoms. The Morgan fingerprint density at radius 3 is 1.22 bits per heavy atom. The minimum Gasteiger partial charge on any atom is -0.363 e. The zero-order valence-electron chi connectivity index (χ0n) is 11.8. The molecule has 0 saturated carbocycles. The van der Waals surface area contributed by atoms with Crippen molar-refractivity contribution >= 4 is 76.3 Å². The first kappa shape index (κ1) is 21.5. The van der Waals surface area contributed by atoms with Gasteiger partial charge in [0.15, 0.2) is 0 Å². The molecule has 0 aliphatic carbocycles. The van der Waals surface area contributed by atoms with E-state index in [9.17, 15) is 0 Å². The summed E-state index contributed by atoms with van der Waals surface area (Å²) in [6, 6.07) is 0. The van der Waals surface area contributed by atoms with Crippen molar-refractivity contribution in [2.24, 2.45) is 0 Å². The van der Waals surface area contributed by atoms with Gasteiger partial charge in [-0.05, 0) is 21.6 Å². The second-order valence-electron chi connectivity index (χ2n) is 3.30. The molecule has 0 saturated heterocycles. The van der Waals surface area contributed by atoms with Gasteiger partial charge in [-0.15, -0.1) is 0 Å². The molecule has 0 fully saturated rings. The average Bonchev–Trinajstić information content (AvgIpc) is 2.33.